The number of fused-ring (bicyclic) bond motifs is 1. The van der Waals surface area contributed by atoms with Crippen LogP contribution in [0.5, 0.6) is 0 Å². The number of hydrogen-bond donors (Lipinski definition) is 0. The second-order valence-corrected chi connectivity index (χ2v) is 12.5. The molecule has 5 rings (SSSR count). The molecule has 1 atom stereocenters. The Morgan fingerprint density at radius 2 is 1.63 bits per heavy atom. The molecule has 0 radical (unpaired) electrons. The van der Waals surface area contributed by atoms with Gasteiger partial charge < -0.3 is 9.80 Å². The van der Waals surface area contributed by atoms with Gasteiger partial charge in [0.25, 0.3) is 11.8 Å². The summed E-state index contributed by atoms with van der Waals surface area (Å²) >= 11 is 0. The number of benzene rings is 1. The molecule has 0 bridgehead atoms. The van der Waals surface area contributed by atoms with Gasteiger partial charge in [0.15, 0.2) is 0 Å². The number of imide groups is 1. The molecule has 2 amide bonds. The summed E-state index contributed by atoms with van der Waals surface area (Å²) in [6, 6.07) is 2.43. The van der Waals surface area contributed by atoms with Gasteiger partial charge in [0.1, 0.15) is 11.6 Å². The number of piperidine rings is 2. The fourth-order valence-electron chi connectivity index (χ4n) is 7.38. The van der Waals surface area contributed by atoms with Gasteiger partial charge in [0, 0.05) is 38.5 Å². The van der Waals surface area contributed by atoms with Crippen LogP contribution in [0, 0.1) is 23.1 Å². The van der Waals surface area contributed by atoms with E-state index in [4.69, 9.17) is 0 Å². The molecule has 7 heteroatoms. The lowest BCUT2D eigenvalue weighted by Gasteiger charge is -2.53. The van der Waals surface area contributed by atoms with Gasteiger partial charge >= 0.3 is 0 Å². The van der Waals surface area contributed by atoms with Crippen molar-refractivity contribution in [3.8, 4) is 0 Å². The molecule has 3 fully saturated rings. The largest absolute Gasteiger partial charge is 0.369 e. The number of rotatable bonds is 9. The normalized spacial score (nSPS) is 23.2. The average Bonchev–Trinajstić information content (AvgIpc) is 3.14. The van der Waals surface area contributed by atoms with Gasteiger partial charge in [-0.2, -0.15) is 0 Å². The van der Waals surface area contributed by atoms with Crippen LogP contribution >= 0.6 is 0 Å². The summed E-state index contributed by atoms with van der Waals surface area (Å²) in [5.41, 5.74) is 1.49. The number of likely N-dealkylation sites (tertiary alicyclic amines) is 1. The van der Waals surface area contributed by atoms with Crippen LogP contribution in [-0.2, 0) is 4.79 Å². The van der Waals surface area contributed by atoms with E-state index >= 15 is 4.39 Å². The van der Waals surface area contributed by atoms with Crippen LogP contribution in [0.25, 0.3) is 0 Å². The predicted molar refractivity (Wildman–Crippen MR) is 147 cm³/mol. The van der Waals surface area contributed by atoms with Crippen molar-refractivity contribution >= 4 is 23.3 Å². The Morgan fingerprint density at radius 1 is 1.00 bits per heavy atom. The van der Waals surface area contributed by atoms with Crippen molar-refractivity contribution in [2.24, 2.45) is 17.3 Å². The molecule has 1 saturated carbocycles. The Hall–Kier alpha value is -2.28. The van der Waals surface area contributed by atoms with E-state index in [0.29, 0.717) is 36.3 Å². The molecule has 3 aliphatic heterocycles. The predicted octanol–water partition coefficient (Wildman–Crippen LogP) is 5.69. The van der Waals surface area contributed by atoms with E-state index in [0.717, 1.165) is 38.4 Å². The lowest BCUT2D eigenvalue weighted by Crippen LogP contribution is -2.48. The van der Waals surface area contributed by atoms with Gasteiger partial charge in [-0.25, -0.2) is 4.39 Å². The number of nitrogens with zero attached hydrogens (tertiary/aromatic N) is 3. The number of carbonyl (C=O) groups is 3. The zero-order chi connectivity index (χ0) is 27.0. The van der Waals surface area contributed by atoms with E-state index in [-0.39, 0.29) is 22.8 Å². The number of amides is 2. The average molecular weight is 526 g/mol. The van der Waals surface area contributed by atoms with Crippen LogP contribution < -0.4 is 4.90 Å². The lowest BCUT2D eigenvalue weighted by molar-refractivity contribution is -0.119. The molecule has 1 aromatic carbocycles. The molecule has 1 unspecified atom stereocenters. The zero-order valence-electron chi connectivity index (χ0n) is 23.4. The summed E-state index contributed by atoms with van der Waals surface area (Å²) in [6.07, 6.45) is 10.1. The quantitative estimate of drug-likeness (QED) is 0.388. The topological polar surface area (TPSA) is 60.9 Å². The summed E-state index contributed by atoms with van der Waals surface area (Å²) < 4.78 is 15.2. The SMILES string of the molecule is CCC(=O)CCC(C)N1C(=O)c2cc(F)c(N3CCC(CN4CCC5(CC4)CC(CC)C5)CC3)cc2C1=O. The van der Waals surface area contributed by atoms with Crippen molar-refractivity contribution in [1.82, 2.24) is 9.80 Å². The van der Waals surface area contributed by atoms with Crippen LogP contribution in [-0.4, -0.2) is 66.2 Å². The molecule has 6 nitrogen and oxygen atoms in total. The van der Waals surface area contributed by atoms with Crippen molar-refractivity contribution in [2.45, 2.75) is 91.0 Å². The first kappa shape index (κ1) is 27.3. The number of halogens is 1. The highest BCUT2D eigenvalue weighted by molar-refractivity contribution is 6.22. The molecule has 1 aromatic rings. The Kier molecular flexibility index (Phi) is 7.95. The highest BCUT2D eigenvalue weighted by atomic mass is 19.1. The number of Topliss-reactive ketones (excluding diaryl/α,β-unsaturated/α-hetero) is 1. The number of ketones is 1. The van der Waals surface area contributed by atoms with E-state index in [2.05, 4.69) is 11.8 Å². The van der Waals surface area contributed by atoms with Crippen molar-refractivity contribution in [2.75, 3.05) is 37.6 Å². The van der Waals surface area contributed by atoms with Crippen LogP contribution in [0.3, 0.4) is 0 Å². The molecule has 1 aliphatic carbocycles. The summed E-state index contributed by atoms with van der Waals surface area (Å²) in [7, 11) is 0. The van der Waals surface area contributed by atoms with Gasteiger partial charge in [0.2, 0.25) is 0 Å². The number of hydrogen-bond acceptors (Lipinski definition) is 5. The zero-order valence-corrected chi connectivity index (χ0v) is 23.4. The third kappa shape index (κ3) is 5.28. The highest BCUT2D eigenvalue weighted by Gasteiger charge is 2.45. The second-order valence-electron chi connectivity index (χ2n) is 12.5. The van der Waals surface area contributed by atoms with E-state index in [1.807, 2.05) is 4.90 Å². The van der Waals surface area contributed by atoms with Crippen LogP contribution in [0.15, 0.2) is 12.1 Å². The van der Waals surface area contributed by atoms with Crippen molar-refractivity contribution in [3.63, 3.8) is 0 Å². The van der Waals surface area contributed by atoms with Crippen LogP contribution in [0.1, 0.15) is 106 Å². The first-order valence-electron chi connectivity index (χ1n) is 14.9. The standard InChI is InChI=1S/C31H44FN3O3/c1-4-22-18-31(19-22)10-14-33(15-11-31)20-23-8-12-34(13-9-23)28-17-26-25(16-27(28)32)29(37)35(30(26)38)21(3)6-7-24(36)5-2/h16-17,21-23H,4-15,18-20H2,1-3H3. The molecule has 0 N–H and O–H groups in total. The highest BCUT2D eigenvalue weighted by Crippen LogP contribution is 2.53. The van der Waals surface area contributed by atoms with E-state index in [1.54, 1.807) is 19.9 Å². The number of carbonyl (C=O) groups excluding carboxylic acids is 3. The van der Waals surface area contributed by atoms with Gasteiger partial charge in [-0.3, -0.25) is 19.3 Å². The van der Waals surface area contributed by atoms with Crippen LogP contribution in [0.2, 0.25) is 0 Å². The maximum absolute atomic E-state index is 15.2. The molecule has 2 saturated heterocycles. The lowest BCUT2D eigenvalue weighted by atomic mass is 9.57. The van der Waals surface area contributed by atoms with Gasteiger partial charge in [-0.15, -0.1) is 0 Å². The van der Waals surface area contributed by atoms with E-state index in [9.17, 15) is 14.4 Å². The van der Waals surface area contributed by atoms with Crippen molar-refractivity contribution < 1.29 is 18.8 Å². The fraction of sp³-hybridized carbons (Fsp3) is 0.710. The summed E-state index contributed by atoms with van der Waals surface area (Å²) in [4.78, 5) is 43.8. The molecule has 0 aromatic heterocycles. The Labute approximate surface area is 226 Å². The fourth-order valence-corrected chi connectivity index (χ4v) is 7.38. The summed E-state index contributed by atoms with van der Waals surface area (Å²) in [5.74, 6) is 0.414. The Balaban J connectivity index is 1.15. The Morgan fingerprint density at radius 3 is 2.24 bits per heavy atom. The molecular formula is C31H44FN3O3. The van der Waals surface area contributed by atoms with Crippen molar-refractivity contribution in [3.05, 3.63) is 29.1 Å². The summed E-state index contributed by atoms with van der Waals surface area (Å²) in [6.45, 7) is 11.0. The third-order valence-corrected chi connectivity index (χ3v) is 10.1. The maximum atomic E-state index is 15.2. The molecular weight excluding hydrogens is 481 g/mol. The van der Waals surface area contributed by atoms with Crippen molar-refractivity contribution in [1.29, 1.82) is 0 Å². The molecule has 4 aliphatic rings. The number of anilines is 1. The van der Waals surface area contributed by atoms with E-state index in [1.165, 1.54) is 56.2 Å². The maximum Gasteiger partial charge on any atom is 0.261 e. The van der Waals surface area contributed by atoms with Gasteiger partial charge in [-0.1, -0.05) is 20.3 Å². The molecule has 38 heavy (non-hydrogen) atoms. The molecule has 3 heterocycles. The monoisotopic (exact) mass is 525 g/mol. The minimum Gasteiger partial charge on any atom is -0.369 e. The molecule has 208 valence electrons. The van der Waals surface area contributed by atoms with E-state index < -0.39 is 17.8 Å². The Bertz CT molecular complexity index is 1060. The first-order chi connectivity index (χ1) is 18.2. The van der Waals surface area contributed by atoms with Crippen LogP contribution in [0.4, 0.5) is 10.1 Å². The van der Waals surface area contributed by atoms with Gasteiger partial charge in [0.05, 0.1) is 16.8 Å². The minimum absolute atomic E-state index is 0.109. The third-order valence-electron chi connectivity index (χ3n) is 10.1. The second kappa shape index (κ2) is 11.1. The van der Waals surface area contributed by atoms with Gasteiger partial charge in [-0.05, 0) is 94.3 Å². The summed E-state index contributed by atoms with van der Waals surface area (Å²) in [5, 5.41) is 0. The first-order valence-corrected chi connectivity index (χ1v) is 14.9. The molecule has 1 spiro atoms. The smallest absolute Gasteiger partial charge is 0.261 e. The minimum atomic E-state index is -0.457.